The molecule has 0 rings (SSSR count). The standard InChI is InChI=1S/C63H100O5/c1-4-7-10-13-16-19-22-25-28-30-32-33-36-38-41-44-47-50-53-56-62(64)67-60-61(68-63(65)57-54-51-48-45-42-39-35-27-24-21-18-15-12-9-6-3)59-66-58-55-52-49-46-43-40-37-34-31-29-26-23-20-17-14-11-8-5-2/h7-12,16-21,25-29,32-35,37-38,41,61H,4-6,13-15,22-24,30-31,36,39-40,42-60H2,1-3H3/b10-7-,11-8-,12-9-,19-16-,20-17-,21-18-,28-25-,29-26-,33-32-,35-27-,37-34-,41-38-. The first-order valence-electron chi connectivity index (χ1n) is 27.4. The van der Waals surface area contributed by atoms with Crippen molar-refractivity contribution in [2.24, 2.45) is 0 Å². The Hall–Kier alpha value is -4.22. The Bertz CT molecular complexity index is 1480. The number of carbonyl (C=O) groups excluding carboxylic acids is 2. The smallest absolute Gasteiger partial charge is 0.306 e. The molecule has 0 fully saturated rings. The maximum Gasteiger partial charge on any atom is 0.306 e. The third-order valence-electron chi connectivity index (χ3n) is 10.9. The molecule has 0 saturated heterocycles. The number of carbonyl (C=O) groups is 2. The van der Waals surface area contributed by atoms with Crippen molar-refractivity contribution in [1.29, 1.82) is 0 Å². The van der Waals surface area contributed by atoms with E-state index in [1.165, 1.54) is 25.7 Å². The third-order valence-corrected chi connectivity index (χ3v) is 10.9. The van der Waals surface area contributed by atoms with Crippen molar-refractivity contribution in [3.63, 3.8) is 0 Å². The summed E-state index contributed by atoms with van der Waals surface area (Å²) in [6.45, 7) is 7.38. The fourth-order valence-corrected chi connectivity index (χ4v) is 6.89. The van der Waals surface area contributed by atoms with Gasteiger partial charge in [-0.1, -0.05) is 212 Å². The molecule has 0 aromatic heterocycles. The van der Waals surface area contributed by atoms with Crippen molar-refractivity contribution in [1.82, 2.24) is 0 Å². The zero-order chi connectivity index (χ0) is 49.2. The highest BCUT2D eigenvalue weighted by molar-refractivity contribution is 5.70. The first-order chi connectivity index (χ1) is 33.6. The summed E-state index contributed by atoms with van der Waals surface area (Å²) >= 11 is 0. The first kappa shape index (κ1) is 63.8. The second kappa shape index (κ2) is 57.1. The van der Waals surface area contributed by atoms with E-state index < -0.39 is 6.10 Å². The van der Waals surface area contributed by atoms with Gasteiger partial charge in [-0.05, 0) is 135 Å². The number of hydrogen-bond acceptors (Lipinski definition) is 5. The van der Waals surface area contributed by atoms with Gasteiger partial charge in [0, 0.05) is 19.4 Å². The number of hydrogen-bond donors (Lipinski definition) is 0. The van der Waals surface area contributed by atoms with Gasteiger partial charge in [-0.2, -0.15) is 0 Å². The molecule has 0 aliphatic heterocycles. The predicted molar refractivity (Wildman–Crippen MR) is 297 cm³/mol. The van der Waals surface area contributed by atoms with Gasteiger partial charge in [-0.25, -0.2) is 0 Å². The fourth-order valence-electron chi connectivity index (χ4n) is 6.89. The first-order valence-corrected chi connectivity index (χ1v) is 27.4. The summed E-state index contributed by atoms with van der Waals surface area (Å²) in [4.78, 5) is 25.5. The highest BCUT2D eigenvalue weighted by Gasteiger charge is 2.17. The van der Waals surface area contributed by atoms with Crippen molar-refractivity contribution in [3.05, 3.63) is 146 Å². The van der Waals surface area contributed by atoms with Crippen molar-refractivity contribution < 1.29 is 23.8 Å². The molecule has 0 spiro atoms. The van der Waals surface area contributed by atoms with Crippen LogP contribution in [0.25, 0.3) is 0 Å². The molecule has 382 valence electrons. The number of unbranched alkanes of at least 4 members (excludes halogenated alkanes) is 13. The average Bonchev–Trinajstić information content (AvgIpc) is 3.34. The molecule has 0 aliphatic carbocycles. The lowest BCUT2D eigenvalue weighted by molar-refractivity contribution is -0.163. The molecule has 5 nitrogen and oxygen atoms in total. The van der Waals surface area contributed by atoms with Crippen LogP contribution < -0.4 is 0 Å². The third kappa shape index (κ3) is 54.4. The van der Waals surface area contributed by atoms with Gasteiger partial charge >= 0.3 is 11.9 Å². The lowest BCUT2D eigenvalue weighted by Crippen LogP contribution is -2.30. The van der Waals surface area contributed by atoms with Crippen molar-refractivity contribution in [2.45, 2.75) is 219 Å². The minimum absolute atomic E-state index is 0.0428. The summed E-state index contributed by atoms with van der Waals surface area (Å²) in [5.74, 6) is -0.475. The van der Waals surface area contributed by atoms with E-state index in [9.17, 15) is 9.59 Å². The average molecular weight is 937 g/mol. The highest BCUT2D eigenvalue weighted by atomic mass is 16.6. The summed E-state index contributed by atoms with van der Waals surface area (Å²) in [6.07, 6.45) is 82.9. The van der Waals surface area contributed by atoms with Crippen molar-refractivity contribution in [3.8, 4) is 0 Å². The number of esters is 2. The molecular formula is C63H100O5. The van der Waals surface area contributed by atoms with Crippen LogP contribution in [0.3, 0.4) is 0 Å². The van der Waals surface area contributed by atoms with Gasteiger partial charge < -0.3 is 14.2 Å². The van der Waals surface area contributed by atoms with E-state index in [1.54, 1.807) is 0 Å². The molecular weight excluding hydrogens is 837 g/mol. The van der Waals surface area contributed by atoms with Crippen LogP contribution in [-0.2, 0) is 23.8 Å². The van der Waals surface area contributed by atoms with Gasteiger partial charge in [0.2, 0.25) is 0 Å². The second-order valence-corrected chi connectivity index (χ2v) is 17.3. The number of ether oxygens (including phenoxy) is 3. The van der Waals surface area contributed by atoms with E-state index in [1.807, 2.05) is 0 Å². The van der Waals surface area contributed by atoms with Crippen LogP contribution in [0.2, 0.25) is 0 Å². The maximum absolute atomic E-state index is 12.8. The van der Waals surface area contributed by atoms with E-state index >= 15 is 0 Å². The Kier molecular flexibility index (Phi) is 53.6. The molecule has 1 unspecified atom stereocenters. The second-order valence-electron chi connectivity index (χ2n) is 17.3. The summed E-state index contributed by atoms with van der Waals surface area (Å²) in [6, 6.07) is 0. The Morgan fingerprint density at radius 3 is 1.00 bits per heavy atom. The van der Waals surface area contributed by atoms with Gasteiger partial charge in [0.15, 0.2) is 6.10 Å². The molecule has 0 amide bonds. The minimum atomic E-state index is -0.581. The van der Waals surface area contributed by atoms with E-state index in [0.717, 1.165) is 154 Å². The summed E-state index contributed by atoms with van der Waals surface area (Å²) < 4.78 is 17.4. The van der Waals surface area contributed by atoms with Gasteiger partial charge in [-0.15, -0.1) is 0 Å². The molecule has 1 atom stereocenters. The van der Waals surface area contributed by atoms with Crippen LogP contribution in [-0.4, -0.2) is 37.9 Å². The number of rotatable bonds is 48. The molecule has 0 aromatic rings. The summed E-state index contributed by atoms with van der Waals surface area (Å²) in [5, 5.41) is 0. The predicted octanol–water partition coefficient (Wildman–Crippen LogP) is 18.9. The van der Waals surface area contributed by atoms with E-state index in [2.05, 4.69) is 167 Å². The van der Waals surface area contributed by atoms with Gasteiger partial charge in [0.1, 0.15) is 6.61 Å². The summed E-state index contributed by atoms with van der Waals surface area (Å²) in [7, 11) is 0. The molecule has 68 heavy (non-hydrogen) atoms. The van der Waals surface area contributed by atoms with Crippen LogP contribution in [0.5, 0.6) is 0 Å². The molecule has 0 bridgehead atoms. The Morgan fingerprint density at radius 2 is 0.618 bits per heavy atom. The molecule has 0 aliphatic rings. The highest BCUT2D eigenvalue weighted by Crippen LogP contribution is 2.12. The van der Waals surface area contributed by atoms with Crippen molar-refractivity contribution in [2.75, 3.05) is 19.8 Å². The quantitative estimate of drug-likeness (QED) is 0.0346. The van der Waals surface area contributed by atoms with Crippen LogP contribution in [0.4, 0.5) is 0 Å². The van der Waals surface area contributed by atoms with Crippen LogP contribution in [0, 0.1) is 0 Å². The van der Waals surface area contributed by atoms with Gasteiger partial charge in [0.05, 0.1) is 6.61 Å². The van der Waals surface area contributed by atoms with Crippen LogP contribution in [0.15, 0.2) is 146 Å². The molecule has 0 aromatic carbocycles. The summed E-state index contributed by atoms with van der Waals surface area (Å²) in [5.41, 5.74) is 0. The largest absolute Gasteiger partial charge is 0.462 e. The van der Waals surface area contributed by atoms with E-state index in [0.29, 0.717) is 19.4 Å². The molecule has 0 N–H and O–H groups in total. The molecule has 0 heterocycles. The number of allylic oxidation sites excluding steroid dienone is 24. The van der Waals surface area contributed by atoms with Gasteiger partial charge in [-0.3, -0.25) is 9.59 Å². The lowest BCUT2D eigenvalue weighted by Gasteiger charge is -2.18. The zero-order valence-electron chi connectivity index (χ0n) is 43.8. The fraction of sp³-hybridized carbons (Fsp3) is 0.587. The Morgan fingerprint density at radius 1 is 0.324 bits per heavy atom. The SMILES string of the molecule is CC/C=C\C/C=C\C/C=C\C/C=C\C/C=C\CCCCCC(=O)OCC(COCCCCCCC/C=C\C/C=C\C/C=C\C/C=C\CC)OC(=O)CCCCCCC/C=C\C/C=C\C/C=C\CC. The Labute approximate surface area is 419 Å². The zero-order valence-corrected chi connectivity index (χ0v) is 43.8. The normalized spacial score (nSPS) is 13.4. The van der Waals surface area contributed by atoms with Crippen molar-refractivity contribution >= 4 is 11.9 Å². The Balaban J connectivity index is 4.44. The van der Waals surface area contributed by atoms with Gasteiger partial charge in [0.25, 0.3) is 0 Å². The maximum atomic E-state index is 12.8. The van der Waals surface area contributed by atoms with Crippen LogP contribution in [0.1, 0.15) is 213 Å². The molecule has 5 heteroatoms. The minimum Gasteiger partial charge on any atom is -0.462 e. The van der Waals surface area contributed by atoms with E-state index in [-0.39, 0.29) is 25.2 Å². The van der Waals surface area contributed by atoms with Crippen LogP contribution >= 0.6 is 0 Å². The van der Waals surface area contributed by atoms with E-state index in [4.69, 9.17) is 14.2 Å². The monoisotopic (exact) mass is 937 g/mol. The molecule has 0 saturated carbocycles. The molecule has 0 radical (unpaired) electrons. The topological polar surface area (TPSA) is 61.8 Å². The lowest BCUT2D eigenvalue weighted by atomic mass is 10.1.